The Balaban J connectivity index is 1.87. The lowest BCUT2D eigenvalue weighted by Gasteiger charge is -2.14. The Hall–Kier alpha value is -3.42. The van der Waals surface area contributed by atoms with Crippen LogP contribution < -0.4 is 10.6 Å². The number of halogens is 3. The molecule has 1 aromatic heterocycles. The summed E-state index contributed by atoms with van der Waals surface area (Å²) in [6.07, 6.45) is -4.53. The summed E-state index contributed by atoms with van der Waals surface area (Å²) in [5, 5.41) is 5.28. The summed E-state index contributed by atoms with van der Waals surface area (Å²) >= 11 is 0. The lowest BCUT2D eigenvalue weighted by atomic mass is 10.1. The van der Waals surface area contributed by atoms with Gasteiger partial charge in [0, 0.05) is 11.4 Å². The SMILES string of the molecule is Cc1cccc(NC(=O)c2cc(C)nc(Nc3ccccc3C(F)(F)F)n2)c1. The molecule has 0 saturated carbocycles. The van der Waals surface area contributed by atoms with Crippen LogP contribution in [-0.2, 0) is 6.18 Å². The zero-order valence-electron chi connectivity index (χ0n) is 15.1. The average Bonchev–Trinajstić information content (AvgIpc) is 2.61. The maximum Gasteiger partial charge on any atom is 0.418 e. The molecule has 0 aliphatic heterocycles. The van der Waals surface area contributed by atoms with E-state index in [1.165, 1.54) is 24.3 Å². The number of nitrogens with one attached hydrogen (secondary N) is 2. The number of amides is 1. The highest BCUT2D eigenvalue weighted by molar-refractivity contribution is 6.03. The standard InChI is InChI=1S/C20H17F3N4O/c1-12-6-5-7-14(10-12)25-18(28)17-11-13(2)24-19(27-17)26-16-9-4-3-8-15(16)20(21,22)23/h3-11H,1-2H3,(H,25,28)(H,24,26,27). The van der Waals surface area contributed by atoms with Crippen LogP contribution in [0.5, 0.6) is 0 Å². The van der Waals surface area contributed by atoms with E-state index in [0.717, 1.165) is 11.6 Å². The summed E-state index contributed by atoms with van der Waals surface area (Å²) in [5.41, 5.74) is 1.02. The summed E-state index contributed by atoms with van der Waals surface area (Å²) in [4.78, 5) is 20.7. The van der Waals surface area contributed by atoms with Crippen LogP contribution >= 0.6 is 0 Å². The van der Waals surface area contributed by atoms with Crippen LogP contribution in [0.1, 0.15) is 27.3 Å². The van der Waals surface area contributed by atoms with Gasteiger partial charge in [0.1, 0.15) is 5.69 Å². The van der Waals surface area contributed by atoms with Crippen LogP contribution in [0.3, 0.4) is 0 Å². The van der Waals surface area contributed by atoms with Crippen LogP contribution in [0.25, 0.3) is 0 Å². The van der Waals surface area contributed by atoms with E-state index in [1.807, 2.05) is 13.0 Å². The Morgan fingerprint density at radius 1 is 0.964 bits per heavy atom. The topological polar surface area (TPSA) is 66.9 Å². The third-order valence-electron chi connectivity index (χ3n) is 3.84. The number of benzene rings is 2. The van der Waals surface area contributed by atoms with Crippen LogP contribution in [0.2, 0.25) is 0 Å². The molecule has 2 N–H and O–H groups in total. The number of hydrogen-bond donors (Lipinski definition) is 2. The van der Waals surface area contributed by atoms with Gasteiger partial charge in [0.15, 0.2) is 0 Å². The van der Waals surface area contributed by atoms with Crippen molar-refractivity contribution in [1.29, 1.82) is 0 Å². The molecule has 0 atom stereocenters. The summed E-state index contributed by atoms with van der Waals surface area (Å²) in [5.74, 6) is -0.575. The lowest BCUT2D eigenvalue weighted by Crippen LogP contribution is -2.16. The first kappa shape index (κ1) is 19.3. The normalized spacial score (nSPS) is 11.2. The van der Waals surface area contributed by atoms with E-state index in [2.05, 4.69) is 20.6 Å². The van der Waals surface area contributed by atoms with Gasteiger partial charge in [-0.3, -0.25) is 4.79 Å². The molecule has 5 nitrogen and oxygen atoms in total. The van der Waals surface area contributed by atoms with E-state index >= 15 is 0 Å². The molecule has 0 aliphatic rings. The van der Waals surface area contributed by atoms with Crippen molar-refractivity contribution in [1.82, 2.24) is 9.97 Å². The maximum absolute atomic E-state index is 13.2. The summed E-state index contributed by atoms with van der Waals surface area (Å²) in [6, 6.07) is 13.7. The van der Waals surface area contributed by atoms with Crippen LogP contribution in [0, 0.1) is 13.8 Å². The molecule has 0 saturated heterocycles. The number of rotatable bonds is 4. The summed E-state index contributed by atoms with van der Waals surface area (Å²) in [7, 11) is 0. The molecule has 28 heavy (non-hydrogen) atoms. The van der Waals surface area contributed by atoms with Crippen molar-refractivity contribution in [3.8, 4) is 0 Å². The van der Waals surface area contributed by atoms with Gasteiger partial charge >= 0.3 is 6.18 Å². The average molecular weight is 386 g/mol. The Morgan fingerprint density at radius 3 is 2.43 bits per heavy atom. The second kappa shape index (κ2) is 7.67. The zero-order chi connectivity index (χ0) is 20.3. The number of carbonyl (C=O) groups excluding carboxylic acids is 1. The number of anilines is 3. The first-order chi connectivity index (χ1) is 13.2. The quantitative estimate of drug-likeness (QED) is 0.654. The molecule has 144 valence electrons. The van der Waals surface area contributed by atoms with Gasteiger partial charge in [-0.25, -0.2) is 9.97 Å². The number of alkyl halides is 3. The van der Waals surface area contributed by atoms with Crippen molar-refractivity contribution in [2.45, 2.75) is 20.0 Å². The van der Waals surface area contributed by atoms with Gasteiger partial charge in [-0.2, -0.15) is 13.2 Å². The molecule has 2 aromatic carbocycles. The van der Waals surface area contributed by atoms with Gasteiger partial charge in [-0.15, -0.1) is 0 Å². The van der Waals surface area contributed by atoms with Crippen molar-refractivity contribution >= 4 is 23.2 Å². The van der Waals surface area contributed by atoms with E-state index in [0.29, 0.717) is 11.4 Å². The molecule has 0 aliphatic carbocycles. The largest absolute Gasteiger partial charge is 0.418 e. The summed E-state index contributed by atoms with van der Waals surface area (Å²) in [6.45, 7) is 3.52. The predicted molar refractivity (Wildman–Crippen MR) is 101 cm³/mol. The molecule has 3 aromatic rings. The second-order valence-corrected chi connectivity index (χ2v) is 6.21. The zero-order valence-corrected chi connectivity index (χ0v) is 15.1. The first-order valence-corrected chi connectivity index (χ1v) is 8.39. The monoisotopic (exact) mass is 386 g/mol. The van der Waals surface area contributed by atoms with Crippen molar-refractivity contribution in [2.75, 3.05) is 10.6 Å². The van der Waals surface area contributed by atoms with Crippen molar-refractivity contribution in [3.05, 3.63) is 77.1 Å². The van der Waals surface area contributed by atoms with E-state index in [9.17, 15) is 18.0 Å². The molecule has 0 unspecified atom stereocenters. The Morgan fingerprint density at radius 2 is 1.71 bits per heavy atom. The molecule has 0 bridgehead atoms. The van der Waals surface area contributed by atoms with Gasteiger partial charge < -0.3 is 10.6 Å². The molecule has 0 fully saturated rings. The predicted octanol–water partition coefficient (Wildman–Crippen LogP) is 5.11. The molecule has 0 radical (unpaired) electrons. The van der Waals surface area contributed by atoms with E-state index in [-0.39, 0.29) is 17.3 Å². The fourth-order valence-corrected chi connectivity index (χ4v) is 2.62. The van der Waals surface area contributed by atoms with Crippen LogP contribution in [-0.4, -0.2) is 15.9 Å². The molecule has 0 spiro atoms. The molecule has 8 heteroatoms. The Labute approximate surface area is 159 Å². The van der Waals surface area contributed by atoms with Crippen molar-refractivity contribution < 1.29 is 18.0 Å². The van der Waals surface area contributed by atoms with Gasteiger partial charge in [-0.1, -0.05) is 24.3 Å². The summed E-state index contributed by atoms with van der Waals surface area (Å²) < 4.78 is 39.5. The third kappa shape index (κ3) is 4.64. The highest BCUT2D eigenvalue weighted by Crippen LogP contribution is 2.35. The number of nitrogens with zero attached hydrogens (tertiary/aromatic N) is 2. The molecule has 3 rings (SSSR count). The van der Waals surface area contributed by atoms with E-state index in [1.54, 1.807) is 25.1 Å². The minimum absolute atomic E-state index is 0.0426. The van der Waals surface area contributed by atoms with E-state index < -0.39 is 17.6 Å². The molecule has 1 amide bonds. The number of hydrogen-bond acceptors (Lipinski definition) is 4. The lowest BCUT2D eigenvalue weighted by molar-refractivity contribution is -0.136. The van der Waals surface area contributed by atoms with Gasteiger partial charge in [0.05, 0.1) is 11.3 Å². The number of para-hydroxylation sites is 1. The minimum Gasteiger partial charge on any atom is -0.324 e. The number of aromatic nitrogens is 2. The van der Waals surface area contributed by atoms with Gasteiger partial charge in [0.25, 0.3) is 5.91 Å². The van der Waals surface area contributed by atoms with Crippen LogP contribution in [0.4, 0.5) is 30.5 Å². The maximum atomic E-state index is 13.2. The Kier molecular flexibility index (Phi) is 5.30. The fraction of sp³-hybridized carbons (Fsp3) is 0.150. The van der Waals surface area contributed by atoms with Crippen molar-refractivity contribution in [2.24, 2.45) is 0 Å². The number of aryl methyl sites for hydroxylation is 2. The van der Waals surface area contributed by atoms with Gasteiger partial charge in [0.2, 0.25) is 5.95 Å². The second-order valence-electron chi connectivity index (χ2n) is 6.21. The minimum atomic E-state index is -4.53. The number of carbonyl (C=O) groups is 1. The fourth-order valence-electron chi connectivity index (χ4n) is 2.62. The highest BCUT2D eigenvalue weighted by atomic mass is 19.4. The van der Waals surface area contributed by atoms with Gasteiger partial charge in [-0.05, 0) is 49.7 Å². The molecular formula is C20H17F3N4O. The van der Waals surface area contributed by atoms with Crippen LogP contribution in [0.15, 0.2) is 54.6 Å². The van der Waals surface area contributed by atoms with Crippen molar-refractivity contribution in [3.63, 3.8) is 0 Å². The first-order valence-electron chi connectivity index (χ1n) is 8.39. The molecular weight excluding hydrogens is 369 g/mol. The Bertz CT molecular complexity index is 1020. The highest BCUT2D eigenvalue weighted by Gasteiger charge is 2.33. The van der Waals surface area contributed by atoms with E-state index in [4.69, 9.17) is 0 Å². The molecule has 1 heterocycles. The third-order valence-corrected chi connectivity index (χ3v) is 3.84. The smallest absolute Gasteiger partial charge is 0.324 e.